The van der Waals surface area contributed by atoms with Crippen molar-refractivity contribution in [2.24, 2.45) is 34.6 Å². The number of carbonyl (C=O) groups excluding carboxylic acids is 1. The Hall–Kier alpha value is -6.50. The zero-order valence-corrected chi connectivity index (χ0v) is 61.3. The molecule has 96 heavy (non-hydrogen) atoms. The smallest absolute Gasteiger partial charge is 0.196 e. The Labute approximate surface area is 594 Å². The summed E-state index contributed by atoms with van der Waals surface area (Å²) in [4.78, 5) is 49.7. The molecule has 0 bridgehead atoms. The Morgan fingerprint density at radius 1 is 0.500 bits per heavy atom. The van der Waals surface area contributed by atoms with Gasteiger partial charge in [-0.1, -0.05) is 196 Å². The number of H-pyrrole nitrogens is 3. The van der Waals surface area contributed by atoms with Gasteiger partial charge in [0.25, 0.3) is 0 Å². The summed E-state index contributed by atoms with van der Waals surface area (Å²) < 4.78 is 15.2. The van der Waals surface area contributed by atoms with E-state index in [-0.39, 0.29) is 37.1 Å². The molecule has 546 valence electrons. The second kappa shape index (κ2) is 58.6. The van der Waals surface area contributed by atoms with Crippen LogP contribution in [-0.2, 0) is 9.53 Å². The van der Waals surface area contributed by atoms with Crippen molar-refractivity contribution in [3.63, 3.8) is 0 Å². The molecule has 1 unspecified atom stereocenters. The van der Waals surface area contributed by atoms with Crippen molar-refractivity contribution in [2.45, 2.75) is 269 Å². The van der Waals surface area contributed by atoms with Crippen LogP contribution in [-0.4, -0.2) is 86.3 Å². The number of ketones is 1. The fourth-order valence-electron chi connectivity index (χ4n) is 8.26. The van der Waals surface area contributed by atoms with Crippen molar-refractivity contribution < 1.29 is 18.4 Å². The average molecular weight is 1370 g/mol. The van der Waals surface area contributed by atoms with Crippen molar-refractivity contribution in [1.29, 1.82) is 0 Å². The molecule has 10 heterocycles. The lowest BCUT2D eigenvalue weighted by Crippen LogP contribution is -2.19. The first kappa shape index (κ1) is 98.2. The maximum absolute atomic E-state index is 11.0. The number of hydrogen-bond donors (Lipinski definition) is 3. The van der Waals surface area contributed by atoms with Gasteiger partial charge in [0.2, 0.25) is 0 Å². The minimum Gasteiger partial charge on any atom is -0.449 e. The molecule has 8 aromatic heterocycles. The van der Waals surface area contributed by atoms with Crippen molar-refractivity contribution in [2.75, 3.05) is 19.8 Å². The minimum absolute atomic E-state index is 0. The van der Waals surface area contributed by atoms with E-state index in [2.05, 4.69) is 203 Å². The van der Waals surface area contributed by atoms with E-state index in [1.165, 1.54) is 40.0 Å². The Kier molecular flexibility index (Phi) is 60.0. The maximum atomic E-state index is 11.0. The molecule has 16 nitrogen and oxygen atoms in total. The van der Waals surface area contributed by atoms with Gasteiger partial charge in [-0.05, 0) is 91.4 Å². The fraction of sp³-hybridized carbons (Fsp3) is 0.615. The lowest BCUT2D eigenvalue weighted by Gasteiger charge is -2.24. The second-order valence-electron chi connectivity index (χ2n) is 25.7. The molecule has 8 aromatic rings. The molecule has 1 saturated heterocycles. The lowest BCUT2D eigenvalue weighted by atomic mass is 9.89. The van der Waals surface area contributed by atoms with E-state index >= 15 is 0 Å². The van der Waals surface area contributed by atoms with Crippen LogP contribution in [0.3, 0.4) is 0 Å². The largest absolute Gasteiger partial charge is 0.449 e. The highest BCUT2D eigenvalue weighted by Gasteiger charge is 2.26. The molecule has 2 fully saturated rings. The summed E-state index contributed by atoms with van der Waals surface area (Å²) in [5.41, 5.74) is 4.80. The summed E-state index contributed by atoms with van der Waals surface area (Å²) in [5, 5.41) is 13.2. The van der Waals surface area contributed by atoms with Gasteiger partial charge in [0.1, 0.15) is 24.1 Å². The predicted octanol–water partition coefficient (Wildman–Crippen LogP) is 23.8. The van der Waals surface area contributed by atoms with Crippen LogP contribution in [0.2, 0.25) is 0 Å². The highest BCUT2D eigenvalue weighted by Crippen LogP contribution is 2.27. The molecule has 1 atom stereocenters. The Balaban J connectivity index is -0.000000315. The fourth-order valence-corrected chi connectivity index (χ4v) is 9.57. The molecular formula is C78H138N12O4S2. The number of hydrogen-bond acceptors (Lipinski definition) is 15. The first-order chi connectivity index (χ1) is 43.3. The topological polar surface area (TPSA) is 215 Å². The van der Waals surface area contributed by atoms with Crippen LogP contribution >= 0.6 is 22.7 Å². The van der Waals surface area contributed by atoms with Crippen molar-refractivity contribution >= 4 is 34.2 Å². The molecule has 3 aliphatic rings. The van der Waals surface area contributed by atoms with Gasteiger partial charge in [0.15, 0.2) is 11.8 Å². The van der Waals surface area contributed by atoms with Crippen molar-refractivity contribution in [1.82, 2.24) is 55.1 Å². The number of nitrogens with zero attached hydrogens (tertiary/aromatic N) is 9. The van der Waals surface area contributed by atoms with Crippen molar-refractivity contribution in [3.05, 3.63) is 167 Å². The van der Waals surface area contributed by atoms with E-state index in [0.29, 0.717) is 70.9 Å². The van der Waals surface area contributed by atoms with Gasteiger partial charge < -0.3 is 23.5 Å². The summed E-state index contributed by atoms with van der Waals surface area (Å²) in [6.07, 6.45) is 32.6. The van der Waals surface area contributed by atoms with Gasteiger partial charge >= 0.3 is 0 Å². The number of carbonyl (C=O) groups is 1. The standard InChI is InChI=1S/C8H16O.C8H14O.C7H10N2.2C7H11N.2C6H10N2.2C6H9NO.2C6H9NS.5CH4/c1-7(2)8-3-5-9-6-4-8;1-6(2)7-4-3-5-8(7)9;1-6(2)7-5-8-3-4-9-7;2*1-6(2)7-4-3-5-8-7;1-5(2)6-7-3-4-8-6;1-5(2)6-3-4-7-8-6;4*1-5(2)6-7-3-4-8-6;;;;;/h7-8H,3-6H2,1-2H3;6-7H,3-5H2,1-2H3;3-6H,1-2H3;3-4,6H,5H2,1-2H3;3-6,8H,1-2H3;2*3-5H,1-2H3,(H,7,8);4*3-5H,1-2H3;5*1H4. The summed E-state index contributed by atoms with van der Waals surface area (Å²) in [7, 11) is 0. The molecule has 2 aliphatic heterocycles. The van der Waals surface area contributed by atoms with Gasteiger partial charge in [0, 0.05) is 139 Å². The number of aromatic amines is 3. The van der Waals surface area contributed by atoms with Crippen LogP contribution in [0.1, 0.15) is 314 Å². The SMILES string of the molecule is C.C.C.C.C.CC(C)C1=NCC=C1.CC(C)C1CCCC1=O.CC(C)C1CCOCC1.CC(C)c1ccc[nH]1.CC(C)c1ccn[nH]1.CC(C)c1cnccn1.CC(C)c1ncc[nH]1.CC(C)c1ncco1.CC(C)c1ncco1.CC(C)c1nccs1.CC(C)c1nccs1. The first-order valence-electron chi connectivity index (χ1n) is 33.0. The normalized spacial score (nSPS) is 13.2. The summed E-state index contributed by atoms with van der Waals surface area (Å²) in [6, 6.07) is 6.12. The maximum Gasteiger partial charge on any atom is 0.196 e. The predicted molar refractivity (Wildman–Crippen MR) is 415 cm³/mol. The van der Waals surface area contributed by atoms with Crippen molar-refractivity contribution in [3.8, 4) is 0 Å². The van der Waals surface area contributed by atoms with E-state index in [4.69, 9.17) is 13.6 Å². The van der Waals surface area contributed by atoms with Gasteiger partial charge in [-0.3, -0.25) is 24.9 Å². The van der Waals surface area contributed by atoms with E-state index in [1.807, 2.05) is 75.4 Å². The number of Topliss-reactive ketones (excluding diaryl/α,β-unsaturated/α-hetero) is 1. The molecule has 1 aliphatic carbocycles. The van der Waals surface area contributed by atoms with Crippen LogP contribution < -0.4 is 0 Å². The number of imidazole rings is 1. The number of oxazole rings is 2. The Morgan fingerprint density at radius 3 is 1.26 bits per heavy atom. The number of aromatic nitrogens is 11. The molecular weight excluding hydrogens is 1230 g/mol. The molecule has 0 radical (unpaired) electrons. The molecule has 0 aromatic carbocycles. The van der Waals surface area contributed by atoms with Gasteiger partial charge in [-0.2, -0.15) is 5.10 Å². The number of allylic oxidation sites excluding steroid dienone is 1. The van der Waals surface area contributed by atoms with E-state index in [1.54, 1.807) is 78.6 Å². The monoisotopic (exact) mass is 1370 g/mol. The van der Waals surface area contributed by atoms with Gasteiger partial charge in [0.05, 0.1) is 34.6 Å². The minimum atomic E-state index is 0. The molecule has 18 heteroatoms. The molecule has 0 amide bonds. The number of ether oxygens (including phenoxy) is 1. The summed E-state index contributed by atoms with van der Waals surface area (Å²) in [5.74, 6) is 10.7. The molecule has 3 N–H and O–H groups in total. The van der Waals surface area contributed by atoms with E-state index in [9.17, 15) is 4.79 Å². The quantitative estimate of drug-likeness (QED) is 0.110. The van der Waals surface area contributed by atoms with E-state index < -0.39 is 0 Å². The third kappa shape index (κ3) is 45.8. The Morgan fingerprint density at radius 2 is 1.05 bits per heavy atom. The second-order valence-corrected chi connectivity index (χ2v) is 27.5. The van der Waals surface area contributed by atoms with E-state index in [0.717, 1.165) is 74.2 Å². The lowest BCUT2D eigenvalue weighted by molar-refractivity contribution is -0.121. The first-order valence-corrected chi connectivity index (χ1v) is 34.8. The summed E-state index contributed by atoms with van der Waals surface area (Å²) in [6.45, 7) is 49.9. The van der Waals surface area contributed by atoms with Crippen LogP contribution in [0.4, 0.5) is 0 Å². The van der Waals surface area contributed by atoms with Gasteiger partial charge in [-0.15, -0.1) is 22.7 Å². The Bertz CT molecular complexity index is 2490. The number of thiazole rings is 2. The number of nitrogens with one attached hydrogen (secondary N) is 3. The number of rotatable bonds is 11. The van der Waals surface area contributed by atoms with Crippen LogP contribution in [0, 0.1) is 29.6 Å². The highest BCUT2D eigenvalue weighted by molar-refractivity contribution is 7.09. The van der Waals surface area contributed by atoms with Crippen LogP contribution in [0.15, 0.2) is 136 Å². The third-order valence-corrected chi connectivity index (χ3v) is 16.2. The van der Waals surface area contributed by atoms with Gasteiger partial charge in [-0.25, -0.2) is 24.9 Å². The summed E-state index contributed by atoms with van der Waals surface area (Å²) >= 11 is 3.44. The molecule has 1 saturated carbocycles. The zero-order chi connectivity index (χ0) is 68.1. The average Bonchev–Trinajstić information content (AvgIpc) is 2.46. The van der Waals surface area contributed by atoms with Crippen LogP contribution in [0.25, 0.3) is 0 Å². The third-order valence-electron chi connectivity index (χ3n) is 14.0. The number of aliphatic imine (C=N–C) groups is 1. The van der Waals surface area contributed by atoms with Crippen LogP contribution in [0.5, 0.6) is 0 Å². The zero-order valence-electron chi connectivity index (χ0n) is 59.7. The molecule has 11 rings (SSSR count). The highest BCUT2D eigenvalue weighted by atomic mass is 32.1. The molecule has 0 spiro atoms.